The second-order valence-electron chi connectivity index (χ2n) is 4.15. The average molecular weight is 239 g/mol. The standard InChI is InChI=1S/C11H17N3OS/c1-8(16-2)7-13-10-11(15)14(6-5-12-10)9-3-4-9/h5-6,8-9H,3-4,7H2,1-2H3,(H,12,13). The van der Waals surface area contributed by atoms with E-state index in [0.29, 0.717) is 17.1 Å². The summed E-state index contributed by atoms with van der Waals surface area (Å²) >= 11 is 1.77. The zero-order valence-corrected chi connectivity index (χ0v) is 10.5. The SMILES string of the molecule is CSC(C)CNc1nccn(C2CC2)c1=O. The van der Waals surface area contributed by atoms with Crippen molar-refractivity contribution in [1.29, 1.82) is 0 Å². The molecule has 1 atom stereocenters. The maximum absolute atomic E-state index is 12.0. The molecule has 1 saturated carbocycles. The number of nitrogens with zero attached hydrogens (tertiary/aromatic N) is 2. The Morgan fingerprint density at radius 1 is 1.69 bits per heavy atom. The lowest BCUT2D eigenvalue weighted by Gasteiger charge is -2.11. The van der Waals surface area contributed by atoms with Crippen LogP contribution in [0.5, 0.6) is 0 Å². The Bertz CT molecular complexity index is 414. The van der Waals surface area contributed by atoms with Gasteiger partial charge in [-0.15, -0.1) is 0 Å². The van der Waals surface area contributed by atoms with Gasteiger partial charge in [0.15, 0.2) is 5.82 Å². The predicted octanol–water partition coefficient (Wildman–Crippen LogP) is 1.74. The van der Waals surface area contributed by atoms with E-state index in [4.69, 9.17) is 0 Å². The molecule has 1 fully saturated rings. The first kappa shape index (κ1) is 11.5. The molecule has 1 N–H and O–H groups in total. The highest BCUT2D eigenvalue weighted by Crippen LogP contribution is 2.33. The molecule has 0 aliphatic heterocycles. The summed E-state index contributed by atoms with van der Waals surface area (Å²) in [6.07, 6.45) is 7.78. The van der Waals surface area contributed by atoms with Crippen LogP contribution in [0.1, 0.15) is 25.8 Å². The van der Waals surface area contributed by atoms with Crippen molar-refractivity contribution in [3.63, 3.8) is 0 Å². The first-order chi connectivity index (χ1) is 7.72. The van der Waals surface area contributed by atoms with Crippen LogP contribution in [0, 0.1) is 0 Å². The van der Waals surface area contributed by atoms with E-state index in [2.05, 4.69) is 23.5 Å². The number of aromatic nitrogens is 2. The molecule has 4 nitrogen and oxygen atoms in total. The summed E-state index contributed by atoms with van der Waals surface area (Å²) in [6.45, 7) is 2.90. The van der Waals surface area contributed by atoms with Crippen molar-refractivity contribution in [2.24, 2.45) is 0 Å². The Labute approximate surface area is 99.5 Å². The molecule has 1 unspecified atom stereocenters. The van der Waals surface area contributed by atoms with Crippen LogP contribution in [-0.2, 0) is 0 Å². The van der Waals surface area contributed by atoms with Crippen LogP contribution >= 0.6 is 11.8 Å². The molecule has 1 aromatic heterocycles. The normalized spacial score (nSPS) is 17.1. The van der Waals surface area contributed by atoms with Crippen LogP contribution in [0.3, 0.4) is 0 Å². The molecular formula is C11H17N3OS. The van der Waals surface area contributed by atoms with Crippen LogP contribution in [0.25, 0.3) is 0 Å². The van der Waals surface area contributed by atoms with E-state index in [-0.39, 0.29) is 5.56 Å². The number of hydrogen-bond donors (Lipinski definition) is 1. The molecule has 0 amide bonds. The fourth-order valence-corrected chi connectivity index (χ4v) is 1.76. The van der Waals surface area contributed by atoms with Gasteiger partial charge in [0.05, 0.1) is 0 Å². The second kappa shape index (κ2) is 4.91. The van der Waals surface area contributed by atoms with Gasteiger partial charge < -0.3 is 9.88 Å². The third-order valence-corrected chi connectivity index (χ3v) is 3.74. The summed E-state index contributed by atoms with van der Waals surface area (Å²) in [5.41, 5.74) is 0.0123. The number of nitrogens with one attached hydrogen (secondary N) is 1. The minimum Gasteiger partial charge on any atom is -0.364 e. The van der Waals surface area contributed by atoms with Crippen LogP contribution < -0.4 is 10.9 Å². The summed E-state index contributed by atoms with van der Waals surface area (Å²) in [4.78, 5) is 16.1. The summed E-state index contributed by atoms with van der Waals surface area (Å²) in [6, 6.07) is 0.411. The second-order valence-corrected chi connectivity index (χ2v) is 5.42. The van der Waals surface area contributed by atoms with Crippen molar-refractivity contribution in [2.75, 3.05) is 18.1 Å². The lowest BCUT2D eigenvalue weighted by atomic mass is 10.4. The molecule has 16 heavy (non-hydrogen) atoms. The van der Waals surface area contributed by atoms with Gasteiger partial charge in [-0.2, -0.15) is 11.8 Å². The Hall–Kier alpha value is -0.970. The van der Waals surface area contributed by atoms with E-state index in [1.54, 1.807) is 28.7 Å². The summed E-state index contributed by atoms with van der Waals surface area (Å²) in [5.74, 6) is 0.482. The molecule has 0 bridgehead atoms. The third-order valence-electron chi connectivity index (χ3n) is 2.77. The van der Waals surface area contributed by atoms with Gasteiger partial charge in [-0.05, 0) is 19.1 Å². The number of rotatable bonds is 5. The predicted molar refractivity (Wildman–Crippen MR) is 68.2 cm³/mol. The maximum Gasteiger partial charge on any atom is 0.293 e. The minimum absolute atomic E-state index is 0.0123. The van der Waals surface area contributed by atoms with Crippen molar-refractivity contribution < 1.29 is 0 Å². The molecular weight excluding hydrogens is 222 g/mol. The smallest absolute Gasteiger partial charge is 0.293 e. The van der Waals surface area contributed by atoms with Gasteiger partial charge in [0.25, 0.3) is 5.56 Å². The molecule has 0 aromatic carbocycles. The maximum atomic E-state index is 12.0. The van der Waals surface area contributed by atoms with Gasteiger partial charge >= 0.3 is 0 Å². The first-order valence-electron chi connectivity index (χ1n) is 5.56. The van der Waals surface area contributed by atoms with E-state index >= 15 is 0 Å². The van der Waals surface area contributed by atoms with Crippen molar-refractivity contribution >= 4 is 17.6 Å². The van der Waals surface area contributed by atoms with Crippen molar-refractivity contribution in [3.8, 4) is 0 Å². The van der Waals surface area contributed by atoms with E-state index in [0.717, 1.165) is 19.4 Å². The number of anilines is 1. The van der Waals surface area contributed by atoms with Gasteiger partial charge in [-0.25, -0.2) is 4.98 Å². The van der Waals surface area contributed by atoms with E-state index in [1.807, 2.05) is 0 Å². The average Bonchev–Trinajstić information content (AvgIpc) is 3.11. The van der Waals surface area contributed by atoms with Gasteiger partial charge in [-0.1, -0.05) is 6.92 Å². The summed E-state index contributed by atoms with van der Waals surface area (Å²) in [5, 5.41) is 3.60. The highest BCUT2D eigenvalue weighted by atomic mass is 32.2. The van der Waals surface area contributed by atoms with Crippen molar-refractivity contribution in [3.05, 3.63) is 22.7 Å². The van der Waals surface area contributed by atoms with Gasteiger partial charge in [0, 0.05) is 30.2 Å². The Balaban J connectivity index is 2.09. The third kappa shape index (κ3) is 2.58. The van der Waals surface area contributed by atoms with Crippen LogP contribution in [0.2, 0.25) is 0 Å². The van der Waals surface area contributed by atoms with Crippen molar-refractivity contribution in [2.45, 2.75) is 31.1 Å². The van der Waals surface area contributed by atoms with Crippen LogP contribution in [-0.4, -0.2) is 27.6 Å². The number of hydrogen-bond acceptors (Lipinski definition) is 4. The zero-order chi connectivity index (χ0) is 11.5. The van der Waals surface area contributed by atoms with Gasteiger partial charge in [-0.3, -0.25) is 4.79 Å². The largest absolute Gasteiger partial charge is 0.364 e. The highest BCUT2D eigenvalue weighted by Gasteiger charge is 2.25. The molecule has 0 spiro atoms. The minimum atomic E-state index is 0.0123. The molecule has 0 saturated heterocycles. The molecule has 2 rings (SSSR count). The molecule has 0 radical (unpaired) electrons. The zero-order valence-electron chi connectivity index (χ0n) is 9.64. The monoisotopic (exact) mass is 239 g/mol. The van der Waals surface area contributed by atoms with Gasteiger partial charge in [0.1, 0.15) is 0 Å². The molecule has 1 aliphatic carbocycles. The molecule has 1 heterocycles. The van der Waals surface area contributed by atoms with E-state index in [9.17, 15) is 4.79 Å². The van der Waals surface area contributed by atoms with E-state index in [1.165, 1.54) is 0 Å². The molecule has 5 heteroatoms. The fraction of sp³-hybridized carbons (Fsp3) is 0.636. The molecule has 1 aromatic rings. The fourth-order valence-electron chi connectivity index (χ4n) is 1.51. The van der Waals surface area contributed by atoms with Crippen molar-refractivity contribution in [1.82, 2.24) is 9.55 Å². The summed E-state index contributed by atoms with van der Waals surface area (Å²) in [7, 11) is 0. The van der Waals surface area contributed by atoms with Crippen LogP contribution in [0.4, 0.5) is 5.82 Å². The summed E-state index contributed by atoms with van der Waals surface area (Å²) < 4.78 is 1.79. The van der Waals surface area contributed by atoms with Crippen LogP contribution in [0.15, 0.2) is 17.2 Å². The Kier molecular flexibility index (Phi) is 3.53. The number of thioether (sulfide) groups is 1. The topological polar surface area (TPSA) is 46.9 Å². The Morgan fingerprint density at radius 2 is 2.44 bits per heavy atom. The lowest BCUT2D eigenvalue weighted by Crippen LogP contribution is -2.26. The molecule has 88 valence electrons. The first-order valence-corrected chi connectivity index (χ1v) is 6.85. The highest BCUT2D eigenvalue weighted by molar-refractivity contribution is 7.99. The Morgan fingerprint density at radius 3 is 3.06 bits per heavy atom. The van der Waals surface area contributed by atoms with Gasteiger partial charge in [0.2, 0.25) is 0 Å². The lowest BCUT2D eigenvalue weighted by molar-refractivity contribution is 0.699. The quantitative estimate of drug-likeness (QED) is 0.850. The molecule has 1 aliphatic rings. The van der Waals surface area contributed by atoms with E-state index < -0.39 is 0 Å².